The highest BCUT2D eigenvalue weighted by Crippen LogP contribution is 2.19. The summed E-state index contributed by atoms with van der Waals surface area (Å²) in [6, 6.07) is 0.368. The van der Waals surface area contributed by atoms with Crippen molar-refractivity contribution in [3.63, 3.8) is 0 Å². The molecule has 0 atom stereocenters. The lowest BCUT2D eigenvalue weighted by Crippen LogP contribution is -2.30. The van der Waals surface area contributed by atoms with Gasteiger partial charge in [0, 0.05) is 12.5 Å². The van der Waals surface area contributed by atoms with E-state index in [0.717, 1.165) is 25.7 Å². The molecule has 0 bridgehead atoms. The van der Waals surface area contributed by atoms with Crippen LogP contribution in [0.4, 0.5) is 0 Å². The van der Waals surface area contributed by atoms with Crippen molar-refractivity contribution >= 4 is 5.78 Å². The van der Waals surface area contributed by atoms with Gasteiger partial charge in [-0.05, 0) is 32.6 Å². The van der Waals surface area contributed by atoms with Crippen molar-refractivity contribution in [3.05, 3.63) is 0 Å². The van der Waals surface area contributed by atoms with Gasteiger partial charge in [0.15, 0.2) is 0 Å². The number of hydrogen-bond donors (Lipinski definition) is 1. The molecule has 1 rings (SSSR count). The highest BCUT2D eigenvalue weighted by atomic mass is 16.5. The minimum Gasteiger partial charge on any atom is -0.378 e. The Morgan fingerprint density at radius 3 is 2.54 bits per heavy atom. The number of Topliss-reactive ketones (excluding diaryl/α,β-unsaturated/α-hetero) is 1. The first-order valence-electron chi connectivity index (χ1n) is 5.05. The molecule has 0 saturated heterocycles. The van der Waals surface area contributed by atoms with Crippen LogP contribution in [0.3, 0.4) is 0 Å². The van der Waals surface area contributed by atoms with Gasteiger partial charge in [-0.15, -0.1) is 0 Å². The molecule has 2 N–H and O–H groups in total. The molecule has 1 saturated carbocycles. The Morgan fingerprint density at radius 2 is 2.00 bits per heavy atom. The molecule has 13 heavy (non-hydrogen) atoms. The first kappa shape index (κ1) is 10.7. The Labute approximate surface area is 79.6 Å². The Morgan fingerprint density at radius 1 is 1.38 bits per heavy atom. The summed E-state index contributed by atoms with van der Waals surface area (Å²) in [7, 11) is 0. The van der Waals surface area contributed by atoms with E-state index in [2.05, 4.69) is 0 Å². The van der Waals surface area contributed by atoms with E-state index in [1.54, 1.807) is 6.92 Å². The molecule has 0 aromatic rings. The molecule has 1 aliphatic rings. The van der Waals surface area contributed by atoms with Crippen LogP contribution in [-0.4, -0.2) is 24.5 Å². The molecule has 0 spiro atoms. The van der Waals surface area contributed by atoms with Crippen LogP contribution in [0.5, 0.6) is 0 Å². The van der Waals surface area contributed by atoms with Crippen LogP contribution in [0.25, 0.3) is 0 Å². The number of carbonyl (C=O) groups is 1. The summed E-state index contributed by atoms with van der Waals surface area (Å²) in [6.07, 6.45) is 5.12. The van der Waals surface area contributed by atoms with E-state index in [1.807, 2.05) is 0 Å². The lowest BCUT2D eigenvalue weighted by molar-refractivity contribution is -0.118. The average molecular weight is 185 g/mol. The van der Waals surface area contributed by atoms with Crippen molar-refractivity contribution in [2.24, 2.45) is 5.73 Å². The molecule has 0 aliphatic heterocycles. The van der Waals surface area contributed by atoms with E-state index < -0.39 is 0 Å². The van der Waals surface area contributed by atoms with Gasteiger partial charge in [-0.25, -0.2) is 0 Å². The van der Waals surface area contributed by atoms with Crippen LogP contribution in [-0.2, 0) is 9.53 Å². The van der Waals surface area contributed by atoms with Gasteiger partial charge in [0.25, 0.3) is 0 Å². The smallest absolute Gasteiger partial charge is 0.132 e. The van der Waals surface area contributed by atoms with Crippen LogP contribution in [0, 0.1) is 0 Å². The minimum absolute atomic E-state index is 0.201. The first-order valence-corrected chi connectivity index (χ1v) is 5.05. The van der Waals surface area contributed by atoms with Crippen molar-refractivity contribution in [1.29, 1.82) is 0 Å². The van der Waals surface area contributed by atoms with Gasteiger partial charge in [-0.1, -0.05) is 0 Å². The van der Waals surface area contributed by atoms with E-state index in [-0.39, 0.29) is 5.78 Å². The normalized spacial score (nSPS) is 28.8. The summed E-state index contributed by atoms with van der Waals surface area (Å²) in [5.74, 6) is 0.201. The van der Waals surface area contributed by atoms with Crippen molar-refractivity contribution in [1.82, 2.24) is 0 Å². The van der Waals surface area contributed by atoms with E-state index in [9.17, 15) is 4.79 Å². The SMILES string of the molecule is CC(=O)CCOC1CCC(N)CC1. The summed E-state index contributed by atoms with van der Waals surface area (Å²) < 4.78 is 5.57. The molecule has 0 heterocycles. The van der Waals surface area contributed by atoms with Gasteiger partial charge in [-0.3, -0.25) is 4.79 Å². The number of carbonyl (C=O) groups excluding carboxylic acids is 1. The Balaban J connectivity index is 2.05. The van der Waals surface area contributed by atoms with Crippen LogP contribution in [0.15, 0.2) is 0 Å². The van der Waals surface area contributed by atoms with E-state index in [0.29, 0.717) is 25.2 Å². The zero-order valence-corrected chi connectivity index (χ0v) is 8.29. The van der Waals surface area contributed by atoms with E-state index in [4.69, 9.17) is 10.5 Å². The number of ketones is 1. The number of rotatable bonds is 4. The lowest BCUT2D eigenvalue weighted by Gasteiger charge is -2.25. The highest BCUT2D eigenvalue weighted by Gasteiger charge is 2.18. The number of hydrogen-bond acceptors (Lipinski definition) is 3. The predicted octanol–water partition coefficient (Wildman–Crippen LogP) is 1.25. The number of ether oxygens (including phenoxy) is 1. The van der Waals surface area contributed by atoms with Crippen molar-refractivity contribution in [2.45, 2.75) is 51.2 Å². The van der Waals surface area contributed by atoms with E-state index in [1.165, 1.54) is 0 Å². The molecular formula is C10H19NO2. The van der Waals surface area contributed by atoms with Crippen LogP contribution in [0.2, 0.25) is 0 Å². The largest absolute Gasteiger partial charge is 0.378 e. The molecule has 3 heteroatoms. The molecular weight excluding hydrogens is 166 g/mol. The van der Waals surface area contributed by atoms with E-state index >= 15 is 0 Å². The molecule has 0 aromatic carbocycles. The van der Waals surface area contributed by atoms with Gasteiger partial charge in [0.2, 0.25) is 0 Å². The van der Waals surface area contributed by atoms with Gasteiger partial charge < -0.3 is 10.5 Å². The van der Waals surface area contributed by atoms with Crippen LogP contribution < -0.4 is 5.73 Å². The fraction of sp³-hybridized carbons (Fsp3) is 0.900. The molecule has 0 amide bonds. The molecule has 76 valence electrons. The highest BCUT2D eigenvalue weighted by molar-refractivity contribution is 5.75. The molecule has 0 radical (unpaired) electrons. The zero-order chi connectivity index (χ0) is 9.68. The summed E-state index contributed by atoms with van der Waals surface area (Å²) >= 11 is 0. The fourth-order valence-electron chi connectivity index (χ4n) is 1.62. The topological polar surface area (TPSA) is 52.3 Å². The lowest BCUT2D eigenvalue weighted by atomic mass is 9.94. The first-order chi connectivity index (χ1) is 6.18. The minimum atomic E-state index is 0.201. The summed E-state index contributed by atoms with van der Waals surface area (Å²) in [6.45, 7) is 2.18. The van der Waals surface area contributed by atoms with Gasteiger partial charge in [-0.2, -0.15) is 0 Å². The Hall–Kier alpha value is -0.410. The average Bonchev–Trinajstić information content (AvgIpc) is 2.08. The Bertz CT molecular complexity index is 162. The summed E-state index contributed by atoms with van der Waals surface area (Å²) in [4.78, 5) is 10.6. The molecule has 1 fully saturated rings. The maximum atomic E-state index is 10.6. The summed E-state index contributed by atoms with van der Waals surface area (Å²) in [5, 5.41) is 0. The third kappa shape index (κ3) is 4.39. The second-order valence-electron chi connectivity index (χ2n) is 3.86. The third-order valence-electron chi connectivity index (χ3n) is 2.53. The fourth-order valence-corrected chi connectivity index (χ4v) is 1.62. The maximum Gasteiger partial charge on any atom is 0.132 e. The van der Waals surface area contributed by atoms with Crippen LogP contribution in [0.1, 0.15) is 39.0 Å². The number of nitrogens with two attached hydrogens (primary N) is 1. The summed E-state index contributed by atoms with van der Waals surface area (Å²) in [5.41, 5.74) is 5.76. The van der Waals surface area contributed by atoms with Crippen molar-refractivity contribution in [2.75, 3.05) is 6.61 Å². The van der Waals surface area contributed by atoms with Gasteiger partial charge in [0.05, 0.1) is 12.7 Å². The zero-order valence-electron chi connectivity index (χ0n) is 8.29. The second kappa shape index (κ2) is 5.35. The monoisotopic (exact) mass is 185 g/mol. The van der Waals surface area contributed by atoms with Crippen molar-refractivity contribution in [3.8, 4) is 0 Å². The predicted molar refractivity (Wildman–Crippen MR) is 51.5 cm³/mol. The second-order valence-corrected chi connectivity index (χ2v) is 3.86. The molecule has 0 aromatic heterocycles. The third-order valence-corrected chi connectivity index (χ3v) is 2.53. The van der Waals surface area contributed by atoms with Crippen molar-refractivity contribution < 1.29 is 9.53 Å². The molecule has 0 unspecified atom stereocenters. The quantitative estimate of drug-likeness (QED) is 0.717. The molecule has 1 aliphatic carbocycles. The van der Waals surface area contributed by atoms with Gasteiger partial charge >= 0.3 is 0 Å². The Kier molecular flexibility index (Phi) is 4.39. The standard InChI is InChI=1S/C10H19NO2/c1-8(12)6-7-13-10-4-2-9(11)3-5-10/h9-10H,2-7,11H2,1H3. The van der Waals surface area contributed by atoms with Crippen LogP contribution >= 0.6 is 0 Å². The molecule has 3 nitrogen and oxygen atoms in total. The van der Waals surface area contributed by atoms with Gasteiger partial charge in [0.1, 0.15) is 5.78 Å². The maximum absolute atomic E-state index is 10.6.